The number of hydrogen-bond acceptors (Lipinski definition) is 6. The first-order chi connectivity index (χ1) is 7.40. The Kier molecular flexibility index (Phi) is 3.78. The molecule has 0 aromatic carbocycles. The standard InChI is InChI=1S/C8H11N3O4S/c1-3-7(12)15-6-4-5-9-8(10-6)11-16(2,13)14/h4-5H,3H2,1-2H3,(H,9,10,11). The van der Waals surface area contributed by atoms with Crippen LogP contribution in [-0.4, -0.2) is 30.6 Å². The highest BCUT2D eigenvalue weighted by Gasteiger charge is 2.07. The van der Waals surface area contributed by atoms with Crippen LogP contribution in [0.1, 0.15) is 13.3 Å². The number of esters is 1. The Hall–Kier alpha value is -1.70. The molecule has 1 N–H and O–H groups in total. The predicted octanol–water partition coefficient (Wildman–Crippen LogP) is 0.163. The Labute approximate surface area is 92.9 Å². The molecule has 0 spiro atoms. The molecule has 0 saturated carbocycles. The summed E-state index contributed by atoms with van der Waals surface area (Å²) in [7, 11) is -3.44. The summed E-state index contributed by atoms with van der Waals surface area (Å²) in [6.07, 6.45) is 2.47. The van der Waals surface area contributed by atoms with Crippen LogP contribution in [0.25, 0.3) is 0 Å². The maximum absolute atomic E-state index is 11.0. The average Bonchev–Trinajstić information content (AvgIpc) is 2.15. The molecule has 0 fully saturated rings. The maximum atomic E-state index is 11.0. The topological polar surface area (TPSA) is 98.2 Å². The molecule has 0 atom stereocenters. The van der Waals surface area contributed by atoms with Crippen LogP contribution >= 0.6 is 0 Å². The van der Waals surface area contributed by atoms with Crippen LogP contribution in [0.2, 0.25) is 0 Å². The Morgan fingerprint density at radius 3 is 2.81 bits per heavy atom. The smallest absolute Gasteiger partial charge is 0.312 e. The van der Waals surface area contributed by atoms with Crippen LogP contribution < -0.4 is 9.46 Å². The second-order valence-electron chi connectivity index (χ2n) is 2.92. The molecule has 88 valence electrons. The van der Waals surface area contributed by atoms with E-state index in [0.717, 1.165) is 6.26 Å². The molecule has 0 radical (unpaired) electrons. The fraction of sp³-hybridized carbons (Fsp3) is 0.375. The van der Waals surface area contributed by atoms with Crippen molar-refractivity contribution in [2.45, 2.75) is 13.3 Å². The molecule has 0 saturated heterocycles. The van der Waals surface area contributed by atoms with Gasteiger partial charge in [-0.25, -0.2) is 13.4 Å². The summed E-state index contributed by atoms with van der Waals surface area (Å²) in [5, 5.41) is 0. The zero-order valence-electron chi connectivity index (χ0n) is 8.80. The predicted molar refractivity (Wildman–Crippen MR) is 56.4 cm³/mol. The van der Waals surface area contributed by atoms with Crippen LogP contribution in [-0.2, 0) is 14.8 Å². The quantitative estimate of drug-likeness (QED) is 0.759. The molecule has 1 heterocycles. The van der Waals surface area contributed by atoms with Gasteiger partial charge in [-0.15, -0.1) is 0 Å². The molecule has 0 unspecified atom stereocenters. The van der Waals surface area contributed by atoms with Gasteiger partial charge in [0.15, 0.2) is 0 Å². The summed E-state index contributed by atoms with van der Waals surface area (Å²) in [5.41, 5.74) is 0. The number of aromatic nitrogens is 2. The van der Waals surface area contributed by atoms with Crippen molar-refractivity contribution in [2.75, 3.05) is 11.0 Å². The summed E-state index contributed by atoms with van der Waals surface area (Å²) in [6.45, 7) is 1.64. The second-order valence-corrected chi connectivity index (χ2v) is 4.67. The van der Waals surface area contributed by atoms with Crippen molar-refractivity contribution in [2.24, 2.45) is 0 Å². The van der Waals surface area contributed by atoms with Gasteiger partial charge < -0.3 is 4.74 Å². The zero-order chi connectivity index (χ0) is 12.2. The van der Waals surface area contributed by atoms with Gasteiger partial charge in [0.25, 0.3) is 0 Å². The van der Waals surface area contributed by atoms with Crippen LogP contribution in [0, 0.1) is 0 Å². The lowest BCUT2D eigenvalue weighted by molar-refractivity contribution is -0.134. The Morgan fingerprint density at radius 2 is 2.25 bits per heavy atom. The number of sulfonamides is 1. The van der Waals surface area contributed by atoms with E-state index in [-0.39, 0.29) is 18.2 Å². The number of hydrogen-bond donors (Lipinski definition) is 1. The van der Waals surface area contributed by atoms with E-state index < -0.39 is 16.0 Å². The number of ether oxygens (including phenoxy) is 1. The van der Waals surface area contributed by atoms with Gasteiger partial charge in [-0.2, -0.15) is 4.98 Å². The molecule has 1 aromatic rings. The molecule has 8 heteroatoms. The van der Waals surface area contributed by atoms with Gasteiger partial charge in [0, 0.05) is 18.7 Å². The fourth-order valence-corrected chi connectivity index (χ4v) is 1.23. The summed E-state index contributed by atoms with van der Waals surface area (Å²) < 4.78 is 28.6. The van der Waals surface area contributed by atoms with Gasteiger partial charge in [-0.3, -0.25) is 9.52 Å². The Balaban J connectivity index is 2.83. The third-order valence-corrected chi connectivity index (χ3v) is 1.97. The maximum Gasteiger partial charge on any atom is 0.312 e. The molecule has 1 aromatic heterocycles. The van der Waals surface area contributed by atoms with E-state index in [2.05, 4.69) is 14.7 Å². The third kappa shape index (κ3) is 4.22. The molecule has 0 aliphatic carbocycles. The van der Waals surface area contributed by atoms with Crippen molar-refractivity contribution < 1.29 is 17.9 Å². The van der Waals surface area contributed by atoms with Crippen LogP contribution in [0.3, 0.4) is 0 Å². The fourth-order valence-electron chi connectivity index (χ4n) is 0.803. The highest BCUT2D eigenvalue weighted by atomic mass is 32.2. The van der Waals surface area contributed by atoms with Gasteiger partial charge in [-0.1, -0.05) is 6.92 Å². The lowest BCUT2D eigenvalue weighted by Gasteiger charge is -2.04. The van der Waals surface area contributed by atoms with Crippen molar-refractivity contribution >= 4 is 21.9 Å². The summed E-state index contributed by atoms with van der Waals surface area (Å²) in [4.78, 5) is 18.3. The van der Waals surface area contributed by atoms with Crippen molar-refractivity contribution in [3.63, 3.8) is 0 Å². The minimum atomic E-state index is -3.44. The molecular formula is C8H11N3O4S. The highest BCUT2D eigenvalue weighted by molar-refractivity contribution is 7.91. The Bertz CT molecular complexity index is 486. The Morgan fingerprint density at radius 1 is 1.56 bits per heavy atom. The monoisotopic (exact) mass is 245 g/mol. The van der Waals surface area contributed by atoms with Gasteiger partial charge in [0.1, 0.15) is 0 Å². The molecule has 1 rings (SSSR count). The highest BCUT2D eigenvalue weighted by Crippen LogP contribution is 2.09. The van der Waals surface area contributed by atoms with Crippen LogP contribution in [0.5, 0.6) is 5.88 Å². The first-order valence-corrected chi connectivity index (χ1v) is 6.31. The number of carbonyl (C=O) groups is 1. The molecule has 7 nitrogen and oxygen atoms in total. The number of nitrogens with one attached hydrogen (secondary N) is 1. The minimum Gasteiger partial charge on any atom is -0.407 e. The van der Waals surface area contributed by atoms with Gasteiger partial charge in [-0.05, 0) is 0 Å². The van der Waals surface area contributed by atoms with E-state index in [4.69, 9.17) is 4.74 Å². The largest absolute Gasteiger partial charge is 0.407 e. The SMILES string of the molecule is CCC(=O)Oc1ccnc(NS(C)(=O)=O)n1. The van der Waals surface area contributed by atoms with Gasteiger partial charge in [0.2, 0.25) is 21.9 Å². The van der Waals surface area contributed by atoms with Crippen molar-refractivity contribution in [1.82, 2.24) is 9.97 Å². The van der Waals surface area contributed by atoms with E-state index in [1.165, 1.54) is 12.3 Å². The number of nitrogens with zero attached hydrogens (tertiary/aromatic N) is 2. The number of carbonyl (C=O) groups excluding carboxylic acids is 1. The van der Waals surface area contributed by atoms with Crippen molar-refractivity contribution in [3.8, 4) is 5.88 Å². The third-order valence-electron chi connectivity index (χ3n) is 1.41. The van der Waals surface area contributed by atoms with E-state index in [0.29, 0.717) is 0 Å². The lowest BCUT2D eigenvalue weighted by Crippen LogP contribution is -2.13. The molecule has 0 amide bonds. The van der Waals surface area contributed by atoms with E-state index >= 15 is 0 Å². The first kappa shape index (κ1) is 12.4. The summed E-state index contributed by atoms with van der Waals surface area (Å²) in [6, 6.07) is 1.36. The van der Waals surface area contributed by atoms with Crippen molar-refractivity contribution in [3.05, 3.63) is 12.3 Å². The number of rotatable bonds is 4. The van der Waals surface area contributed by atoms with Crippen LogP contribution in [0.15, 0.2) is 12.3 Å². The van der Waals surface area contributed by atoms with Crippen molar-refractivity contribution in [1.29, 1.82) is 0 Å². The normalized spacial score (nSPS) is 10.9. The van der Waals surface area contributed by atoms with E-state index in [1.54, 1.807) is 6.92 Å². The molecular weight excluding hydrogens is 234 g/mol. The van der Waals surface area contributed by atoms with Crippen LogP contribution in [0.4, 0.5) is 5.95 Å². The zero-order valence-corrected chi connectivity index (χ0v) is 9.61. The minimum absolute atomic E-state index is 0.00741. The second kappa shape index (κ2) is 4.88. The lowest BCUT2D eigenvalue weighted by atomic mass is 10.5. The molecule has 0 bridgehead atoms. The first-order valence-electron chi connectivity index (χ1n) is 4.42. The van der Waals surface area contributed by atoms with Gasteiger partial charge in [0.05, 0.1) is 6.26 Å². The van der Waals surface area contributed by atoms with E-state index in [1.807, 2.05) is 0 Å². The average molecular weight is 245 g/mol. The van der Waals surface area contributed by atoms with E-state index in [9.17, 15) is 13.2 Å². The van der Waals surface area contributed by atoms with Gasteiger partial charge >= 0.3 is 5.97 Å². The summed E-state index contributed by atoms with van der Waals surface area (Å²) in [5.74, 6) is -0.582. The number of anilines is 1. The molecule has 0 aliphatic heterocycles. The summed E-state index contributed by atoms with van der Waals surface area (Å²) >= 11 is 0. The molecule has 16 heavy (non-hydrogen) atoms. The molecule has 0 aliphatic rings.